The topological polar surface area (TPSA) is 38.3 Å². The van der Waals surface area contributed by atoms with Gasteiger partial charge in [-0.15, -0.1) is 0 Å². The number of carbonyl (C=O) groups excluding carboxylic acids is 1. The minimum Gasteiger partial charge on any atom is -0.350 e. The van der Waals surface area contributed by atoms with Crippen molar-refractivity contribution < 1.29 is 9.53 Å². The summed E-state index contributed by atoms with van der Waals surface area (Å²) in [7, 11) is 1.54. The lowest BCUT2D eigenvalue weighted by molar-refractivity contribution is 0.0930. The Labute approximate surface area is 70.3 Å². The Morgan fingerprint density at radius 2 is 1.92 bits per heavy atom. The largest absolute Gasteiger partial charge is 0.350 e. The van der Waals surface area contributed by atoms with E-state index in [9.17, 15) is 4.79 Å². The summed E-state index contributed by atoms with van der Waals surface area (Å²) in [6.45, 7) is 0. The molecule has 1 aliphatic rings. The second kappa shape index (κ2) is 2.60. The minimum atomic E-state index is -0.0950. The van der Waals surface area contributed by atoms with Gasteiger partial charge < -0.3 is 10.1 Å². The van der Waals surface area contributed by atoms with Gasteiger partial charge in [-0.1, -0.05) is 18.2 Å². The first-order chi connectivity index (χ1) is 5.83. The molecule has 1 amide bonds. The van der Waals surface area contributed by atoms with Gasteiger partial charge in [0.25, 0.3) is 5.91 Å². The lowest BCUT2D eigenvalue weighted by atomic mass is 10.1. The number of ether oxygens (including phenoxy) is 1. The average Bonchev–Trinajstić information content (AvgIpc) is 2.44. The van der Waals surface area contributed by atoms with E-state index in [0.717, 1.165) is 5.56 Å². The number of methoxy groups -OCH3 is 1. The number of nitrogens with one attached hydrogen (secondary N) is 1. The third-order valence-electron chi connectivity index (χ3n) is 1.85. The van der Waals surface area contributed by atoms with Gasteiger partial charge >= 0.3 is 0 Å². The Bertz CT molecular complexity index is 322. The Balaban J connectivity index is 2.50. The highest BCUT2D eigenvalue weighted by molar-refractivity contribution is 6.00. The van der Waals surface area contributed by atoms with Crippen molar-refractivity contribution in [3.63, 3.8) is 0 Å². The zero-order valence-electron chi connectivity index (χ0n) is 6.63. The Hall–Kier alpha value is -1.35. The third-order valence-corrected chi connectivity index (χ3v) is 1.85. The van der Waals surface area contributed by atoms with Crippen molar-refractivity contribution in [1.29, 1.82) is 0 Å². The van der Waals surface area contributed by atoms with Gasteiger partial charge in [0.1, 0.15) is 0 Å². The zero-order valence-corrected chi connectivity index (χ0v) is 6.63. The zero-order chi connectivity index (χ0) is 8.55. The summed E-state index contributed by atoms with van der Waals surface area (Å²) in [5.41, 5.74) is 1.51. The molecule has 0 fully saturated rings. The molecule has 12 heavy (non-hydrogen) atoms. The minimum absolute atomic E-state index is 0.0950. The molecular weight excluding hydrogens is 154 g/mol. The van der Waals surface area contributed by atoms with E-state index in [4.69, 9.17) is 4.74 Å². The third kappa shape index (κ3) is 0.905. The molecule has 1 aromatic carbocycles. The number of benzene rings is 1. The summed E-state index contributed by atoms with van der Waals surface area (Å²) >= 11 is 0. The first kappa shape index (κ1) is 7.31. The van der Waals surface area contributed by atoms with Crippen molar-refractivity contribution in [2.24, 2.45) is 0 Å². The van der Waals surface area contributed by atoms with Crippen LogP contribution in [0.4, 0.5) is 0 Å². The molecule has 0 aromatic heterocycles. The molecule has 1 heterocycles. The molecule has 61 valence electrons. The molecule has 0 spiro atoms. The van der Waals surface area contributed by atoms with Gasteiger partial charge in [-0.2, -0.15) is 0 Å². The summed E-state index contributed by atoms with van der Waals surface area (Å²) in [6.07, 6.45) is 0.538. The van der Waals surface area contributed by atoms with Crippen molar-refractivity contribution >= 4 is 5.91 Å². The fourth-order valence-corrected chi connectivity index (χ4v) is 1.28. The molecule has 0 unspecified atom stereocenters. The number of amides is 1. The highest BCUT2D eigenvalue weighted by atomic mass is 16.5. The van der Waals surface area contributed by atoms with Crippen LogP contribution in [0.25, 0.3) is 0 Å². The first-order valence-corrected chi connectivity index (χ1v) is 3.64. The molecule has 3 nitrogen and oxygen atoms in total. The molecule has 1 aromatic rings. The van der Waals surface area contributed by atoms with Crippen molar-refractivity contribution in [3.8, 4) is 0 Å². The fraction of sp³-hybridized carbons (Fsp3) is 0.111. The highest BCUT2D eigenvalue weighted by Gasteiger charge is 2.28. The monoisotopic (exact) mass is 162 g/mol. The van der Waals surface area contributed by atoms with E-state index >= 15 is 0 Å². The molecule has 1 aliphatic heterocycles. The van der Waals surface area contributed by atoms with Crippen LogP contribution in [0.15, 0.2) is 24.3 Å². The van der Waals surface area contributed by atoms with E-state index in [1.165, 1.54) is 7.11 Å². The van der Waals surface area contributed by atoms with Gasteiger partial charge in [-0.3, -0.25) is 4.79 Å². The van der Waals surface area contributed by atoms with Crippen LogP contribution in [0, 0.1) is 6.23 Å². The smallest absolute Gasteiger partial charge is 0.254 e. The second-order valence-electron chi connectivity index (χ2n) is 2.53. The number of rotatable bonds is 1. The summed E-state index contributed by atoms with van der Waals surface area (Å²) in [5.74, 6) is -0.0950. The average molecular weight is 162 g/mol. The molecule has 0 atom stereocenters. The van der Waals surface area contributed by atoms with Gasteiger partial charge in [-0.25, -0.2) is 0 Å². The van der Waals surface area contributed by atoms with Gasteiger partial charge in [0.15, 0.2) is 0 Å². The van der Waals surface area contributed by atoms with Crippen molar-refractivity contribution in [3.05, 3.63) is 41.6 Å². The van der Waals surface area contributed by atoms with E-state index in [2.05, 4.69) is 5.32 Å². The van der Waals surface area contributed by atoms with Crippen LogP contribution >= 0.6 is 0 Å². The summed E-state index contributed by atoms with van der Waals surface area (Å²) < 4.78 is 4.99. The summed E-state index contributed by atoms with van der Waals surface area (Å²) in [5, 5.41) is 2.62. The standard InChI is InChI=1S/C9H8NO2/c1-12-9-7-5-3-2-4-6(7)8(11)10-9/h2-5H,1H3,(H,10,11). The maximum absolute atomic E-state index is 11.2. The summed E-state index contributed by atoms with van der Waals surface area (Å²) in [6, 6.07) is 7.33. The van der Waals surface area contributed by atoms with Crippen LogP contribution in [-0.2, 0) is 4.74 Å². The fourth-order valence-electron chi connectivity index (χ4n) is 1.28. The molecule has 1 N–H and O–H groups in total. The van der Waals surface area contributed by atoms with Crippen molar-refractivity contribution in [2.45, 2.75) is 0 Å². The van der Waals surface area contributed by atoms with E-state index in [-0.39, 0.29) is 5.91 Å². The SMILES string of the molecule is CO[C]1NC(=O)c2ccccc21. The molecule has 2 rings (SSSR count). The Kier molecular flexibility index (Phi) is 1.59. The number of hydrogen-bond donors (Lipinski definition) is 1. The van der Waals surface area contributed by atoms with Crippen LogP contribution in [0.5, 0.6) is 0 Å². The predicted molar refractivity (Wildman–Crippen MR) is 43.3 cm³/mol. The van der Waals surface area contributed by atoms with Crippen molar-refractivity contribution in [1.82, 2.24) is 5.32 Å². The number of hydrogen-bond acceptors (Lipinski definition) is 2. The van der Waals surface area contributed by atoms with Crippen LogP contribution in [-0.4, -0.2) is 13.0 Å². The molecule has 0 saturated heterocycles. The predicted octanol–water partition coefficient (Wildman–Crippen LogP) is 0.914. The number of fused-ring (bicyclic) bond motifs is 1. The van der Waals surface area contributed by atoms with Crippen LogP contribution in [0.2, 0.25) is 0 Å². The number of carbonyl (C=O) groups is 1. The molecular formula is C9H8NO2. The quantitative estimate of drug-likeness (QED) is 0.666. The van der Waals surface area contributed by atoms with Crippen LogP contribution in [0.1, 0.15) is 15.9 Å². The van der Waals surface area contributed by atoms with Crippen LogP contribution < -0.4 is 5.32 Å². The molecule has 0 bridgehead atoms. The van der Waals surface area contributed by atoms with E-state index < -0.39 is 0 Å². The van der Waals surface area contributed by atoms with Gasteiger partial charge in [0.2, 0.25) is 6.23 Å². The summed E-state index contributed by atoms with van der Waals surface area (Å²) in [4.78, 5) is 11.2. The lowest BCUT2D eigenvalue weighted by Gasteiger charge is -2.05. The Morgan fingerprint density at radius 3 is 2.58 bits per heavy atom. The molecule has 1 radical (unpaired) electrons. The maximum Gasteiger partial charge on any atom is 0.254 e. The van der Waals surface area contributed by atoms with Crippen LogP contribution in [0.3, 0.4) is 0 Å². The second-order valence-corrected chi connectivity index (χ2v) is 2.53. The maximum atomic E-state index is 11.2. The molecule has 0 saturated carbocycles. The Morgan fingerprint density at radius 1 is 1.25 bits per heavy atom. The van der Waals surface area contributed by atoms with Gasteiger partial charge in [0, 0.05) is 18.2 Å². The molecule has 3 heteroatoms. The molecule has 0 aliphatic carbocycles. The first-order valence-electron chi connectivity index (χ1n) is 3.64. The lowest BCUT2D eigenvalue weighted by Crippen LogP contribution is -2.20. The van der Waals surface area contributed by atoms with E-state index in [1.807, 2.05) is 18.2 Å². The van der Waals surface area contributed by atoms with Gasteiger partial charge in [0.05, 0.1) is 0 Å². The van der Waals surface area contributed by atoms with Crippen molar-refractivity contribution in [2.75, 3.05) is 7.11 Å². The van der Waals surface area contributed by atoms with E-state index in [1.54, 1.807) is 6.07 Å². The highest BCUT2D eigenvalue weighted by Crippen LogP contribution is 2.23. The van der Waals surface area contributed by atoms with Gasteiger partial charge in [-0.05, 0) is 6.07 Å². The normalized spacial score (nSPS) is 15.9. The van der Waals surface area contributed by atoms with E-state index in [0.29, 0.717) is 11.8 Å².